The van der Waals surface area contributed by atoms with Gasteiger partial charge in [-0.25, -0.2) is 8.78 Å². The average Bonchev–Trinajstić information content (AvgIpc) is 2.78. The molecule has 0 aliphatic rings. The molecule has 1 heterocycles. The molecule has 1 unspecified atom stereocenters. The van der Waals surface area contributed by atoms with Crippen molar-refractivity contribution in [1.29, 1.82) is 0 Å². The van der Waals surface area contributed by atoms with Crippen molar-refractivity contribution < 1.29 is 13.2 Å². The normalized spacial score (nSPS) is 13.0. The predicted molar refractivity (Wildman–Crippen MR) is 61.8 cm³/mol. The van der Waals surface area contributed by atoms with Crippen LogP contribution in [0, 0.1) is 6.92 Å². The van der Waals surface area contributed by atoms with Gasteiger partial charge in [-0.2, -0.15) is 0 Å². The van der Waals surface area contributed by atoms with Crippen molar-refractivity contribution in [3.8, 4) is 11.3 Å². The molecule has 0 spiro atoms. The predicted octanol–water partition coefficient (Wildman–Crippen LogP) is 3.52. The molecule has 0 radical (unpaired) electrons. The lowest BCUT2D eigenvalue weighted by molar-refractivity contribution is 0.107. The van der Waals surface area contributed by atoms with Gasteiger partial charge in [0.2, 0.25) is 0 Å². The van der Waals surface area contributed by atoms with Gasteiger partial charge in [0.25, 0.3) is 6.43 Å². The van der Waals surface area contributed by atoms with E-state index in [4.69, 9.17) is 10.2 Å². The number of alkyl halides is 2. The van der Waals surface area contributed by atoms with Crippen molar-refractivity contribution in [2.24, 2.45) is 5.73 Å². The van der Waals surface area contributed by atoms with Gasteiger partial charge >= 0.3 is 0 Å². The van der Waals surface area contributed by atoms with Gasteiger partial charge in [-0.15, -0.1) is 0 Å². The first-order chi connectivity index (χ1) is 8.08. The van der Waals surface area contributed by atoms with Crippen molar-refractivity contribution in [3.63, 3.8) is 0 Å². The summed E-state index contributed by atoms with van der Waals surface area (Å²) in [5.41, 5.74) is 7.29. The molecule has 2 nitrogen and oxygen atoms in total. The number of benzene rings is 1. The van der Waals surface area contributed by atoms with Crippen LogP contribution >= 0.6 is 0 Å². The minimum Gasteiger partial charge on any atom is -0.459 e. The molecule has 1 aromatic heterocycles. The second-order valence-corrected chi connectivity index (χ2v) is 3.93. The van der Waals surface area contributed by atoms with Crippen LogP contribution in [-0.4, -0.2) is 6.43 Å². The fraction of sp³-hybridized carbons (Fsp3) is 0.231. The molecule has 0 saturated carbocycles. The summed E-state index contributed by atoms with van der Waals surface area (Å²) in [5.74, 6) is 0.659. The monoisotopic (exact) mass is 237 g/mol. The maximum Gasteiger partial charge on any atom is 0.260 e. The highest BCUT2D eigenvalue weighted by molar-refractivity contribution is 5.58. The Bertz CT molecular complexity index is 490. The Labute approximate surface area is 98.0 Å². The third-order valence-electron chi connectivity index (χ3n) is 2.56. The van der Waals surface area contributed by atoms with Crippen molar-refractivity contribution in [3.05, 3.63) is 47.7 Å². The summed E-state index contributed by atoms with van der Waals surface area (Å²) in [6.45, 7) is 1.98. The van der Waals surface area contributed by atoms with E-state index in [0.29, 0.717) is 5.76 Å². The molecule has 0 amide bonds. The van der Waals surface area contributed by atoms with E-state index in [0.717, 1.165) is 11.1 Å². The number of hydrogen-bond donors (Lipinski definition) is 1. The third-order valence-corrected chi connectivity index (χ3v) is 2.56. The van der Waals surface area contributed by atoms with E-state index >= 15 is 0 Å². The molecule has 0 saturated heterocycles. The van der Waals surface area contributed by atoms with Gasteiger partial charge in [-0.05, 0) is 19.1 Å². The van der Waals surface area contributed by atoms with E-state index in [9.17, 15) is 8.78 Å². The number of hydrogen-bond acceptors (Lipinski definition) is 2. The van der Waals surface area contributed by atoms with E-state index < -0.39 is 12.5 Å². The molecule has 0 fully saturated rings. The fourth-order valence-corrected chi connectivity index (χ4v) is 1.53. The fourth-order valence-electron chi connectivity index (χ4n) is 1.53. The molecule has 4 heteroatoms. The van der Waals surface area contributed by atoms with Crippen molar-refractivity contribution in [2.45, 2.75) is 19.4 Å². The molecule has 2 aromatic rings. The molecule has 17 heavy (non-hydrogen) atoms. The second-order valence-electron chi connectivity index (χ2n) is 3.93. The van der Waals surface area contributed by atoms with Gasteiger partial charge in [0.05, 0.1) is 0 Å². The van der Waals surface area contributed by atoms with Gasteiger partial charge in [-0.1, -0.05) is 29.8 Å². The third kappa shape index (κ3) is 2.53. The first-order valence-electron chi connectivity index (χ1n) is 5.28. The standard InChI is InChI=1S/C13H13F2NO/c1-8-2-4-9(5-3-8)10-6-7-11(17-10)12(16)13(14)15/h2-7,12-13H,16H2,1H3. The lowest BCUT2D eigenvalue weighted by Gasteiger charge is -2.06. The Morgan fingerprint density at radius 3 is 2.29 bits per heavy atom. The molecule has 1 atom stereocenters. The topological polar surface area (TPSA) is 39.2 Å². The zero-order valence-electron chi connectivity index (χ0n) is 9.36. The summed E-state index contributed by atoms with van der Waals surface area (Å²) in [6, 6.07) is 9.41. The van der Waals surface area contributed by atoms with E-state index in [2.05, 4.69) is 0 Å². The number of rotatable bonds is 3. The molecule has 2 N–H and O–H groups in total. The molecular formula is C13H13F2NO. The summed E-state index contributed by atoms with van der Waals surface area (Å²) in [5, 5.41) is 0. The van der Waals surface area contributed by atoms with Gasteiger partial charge in [0.15, 0.2) is 0 Å². The summed E-state index contributed by atoms with van der Waals surface area (Å²) >= 11 is 0. The van der Waals surface area contributed by atoms with Crippen LogP contribution < -0.4 is 5.73 Å². The van der Waals surface area contributed by atoms with E-state index in [1.165, 1.54) is 6.07 Å². The summed E-state index contributed by atoms with van der Waals surface area (Å²) in [6.07, 6.45) is -2.62. The van der Waals surface area contributed by atoms with Crippen LogP contribution in [0.4, 0.5) is 8.78 Å². The van der Waals surface area contributed by atoms with Gasteiger partial charge in [-0.3, -0.25) is 0 Å². The van der Waals surface area contributed by atoms with Crippen LogP contribution in [0.3, 0.4) is 0 Å². The number of nitrogens with two attached hydrogens (primary N) is 1. The van der Waals surface area contributed by atoms with Crippen molar-refractivity contribution >= 4 is 0 Å². The Kier molecular flexibility index (Phi) is 3.24. The zero-order chi connectivity index (χ0) is 12.4. The van der Waals surface area contributed by atoms with Crippen LogP contribution in [-0.2, 0) is 0 Å². The Morgan fingerprint density at radius 2 is 1.71 bits per heavy atom. The van der Waals surface area contributed by atoms with Crippen LogP contribution in [0.1, 0.15) is 17.4 Å². The second kappa shape index (κ2) is 4.67. The molecule has 0 aliphatic heterocycles. The molecule has 2 rings (SSSR count). The van der Waals surface area contributed by atoms with Crippen LogP contribution in [0.15, 0.2) is 40.8 Å². The summed E-state index contributed by atoms with van der Waals surface area (Å²) in [4.78, 5) is 0. The molecule has 1 aromatic carbocycles. The average molecular weight is 237 g/mol. The summed E-state index contributed by atoms with van der Waals surface area (Å²) < 4.78 is 30.1. The SMILES string of the molecule is Cc1ccc(-c2ccc(C(N)C(F)F)o2)cc1. The largest absolute Gasteiger partial charge is 0.459 e. The first kappa shape index (κ1) is 11.8. The van der Waals surface area contributed by atoms with Gasteiger partial charge < -0.3 is 10.2 Å². The molecular weight excluding hydrogens is 224 g/mol. The maximum atomic E-state index is 12.4. The minimum absolute atomic E-state index is 0.107. The number of aryl methyl sites for hydroxylation is 1. The highest BCUT2D eigenvalue weighted by atomic mass is 19.3. The van der Waals surface area contributed by atoms with Crippen LogP contribution in [0.25, 0.3) is 11.3 Å². The quantitative estimate of drug-likeness (QED) is 0.887. The smallest absolute Gasteiger partial charge is 0.260 e. The van der Waals surface area contributed by atoms with Crippen molar-refractivity contribution in [1.82, 2.24) is 0 Å². The Hall–Kier alpha value is -1.68. The van der Waals surface area contributed by atoms with Crippen LogP contribution in [0.2, 0.25) is 0 Å². The number of halogens is 2. The highest BCUT2D eigenvalue weighted by Crippen LogP contribution is 2.27. The summed E-state index contributed by atoms with van der Waals surface area (Å²) in [7, 11) is 0. The molecule has 90 valence electrons. The Morgan fingerprint density at radius 1 is 1.06 bits per heavy atom. The zero-order valence-corrected chi connectivity index (χ0v) is 9.36. The van der Waals surface area contributed by atoms with Crippen LogP contribution in [0.5, 0.6) is 0 Å². The van der Waals surface area contributed by atoms with Gasteiger partial charge in [0.1, 0.15) is 17.6 Å². The Balaban J connectivity index is 2.26. The molecule has 0 aliphatic carbocycles. The van der Waals surface area contributed by atoms with Gasteiger partial charge in [0, 0.05) is 5.56 Å². The van der Waals surface area contributed by atoms with E-state index in [1.807, 2.05) is 31.2 Å². The van der Waals surface area contributed by atoms with E-state index in [-0.39, 0.29) is 5.76 Å². The maximum absolute atomic E-state index is 12.4. The lowest BCUT2D eigenvalue weighted by Crippen LogP contribution is -2.17. The van der Waals surface area contributed by atoms with Crippen molar-refractivity contribution in [2.75, 3.05) is 0 Å². The molecule has 0 bridgehead atoms. The first-order valence-corrected chi connectivity index (χ1v) is 5.28. The minimum atomic E-state index is -2.62. The lowest BCUT2D eigenvalue weighted by atomic mass is 10.1. The number of furan rings is 1. The van der Waals surface area contributed by atoms with E-state index in [1.54, 1.807) is 6.07 Å². The highest BCUT2D eigenvalue weighted by Gasteiger charge is 2.21.